The van der Waals surface area contributed by atoms with Gasteiger partial charge in [0, 0.05) is 5.92 Å². The molecule has 3 rings (SSSR count). The number of carbonyl (C=O) groups is 1. The highest BCUT2D eigenvalue weighted by Gasteiger charge is 2.47. The van der Waals surface area contributed by atoms with Gasteiger partial charge in [-0.3, -0.25) is 0 Å². The largest absolute Gasteiger partial charge is 0.493 e. The summed E-state index contributed by atoms with van der Waals surface area (Å²) < 4.78 is 27.6. The lowest BCUT2D eigenvalue weighted by Crippen LogP contribution is -2.44. The summed E-state index contributed by atoms with van der Waals surface area (Å²) in [6.07, 6.45) is 11.9. The second kappa shape index (κ2) is 16.3. The first-order chi connectivity index (χ1) is 19.4. The van der Waals surface area contributed by atoms with E-state index in [2.05, 4.69) is 13.0 Å². The first-order valence-corrected chi connectivity index (χ1v) is 15.2. The van der Waals surface area contributed by atoms with Crippen LogP contribution in [0.1, 0.15) is 103 Å². The predicted octanol–water partition coefficient (Wildman–Crippen LogP) is 9.13. The summed E-state index contributed by atoms with van der Waals surface area (Å²) in [4.78, 5) is 12.0. The van der Waals surface area contributed by atoms with Crippen molar-refractivity contribution in [2.24, 2.45) is 11.8 Å². The van der Waals surface area contributed by atoms with Crippen LogP contribution in [0.15, 0.2) is 42.5 Å². The van der Waals surface area contributed by atoms with Crippen LogP contribution < -0.4 is 9.47 Å². The molecular formula is C34H46FNO4. The fourth-order valence-corrected chi connectivity index (χ4v) is 5.67. The van der Waals surface area contributed by atoms with E-state index in [1.54, 1.807) is 0 Å². The number of hydrogen-bond acceptors (Lipinski definition) is 4. The number of halogens is 1. The van der Waals surface area contributed by atoms with Gasteiger partial charge < -0.3 is 14.6 Å². The number of alkyl halides is 1. The molecule has 2 aromatic carbocycles. The lowest BCUT2D eigenvalue weighted by atomic mass is 9.74. The Hall–Kier alpha value is -3.07. The van der Waals surface area contributed by atoms with E-state index in [-0.39, 0.29) is 18.9 Å². The van der Waals surface area contributed by atoms with E-state index in [9.17, 15) is 15.2 Å². The summed E-state index contributed by atoms with van der Waals surface area (Å²) in [5.41, 5.74) is 0.180. The molecule has 218 valence electrons. The quantitative estimate of drug-likeness (QED) is 0.198. The zero-order chi connectivity index (χ0) is 28.8. The van der Waals surface area contributed by atoms with Crippen molar-refractivity contribution in [1.29, 1.82) is 5.26 Å². The Labute approximate surface area is 239 Å². The maximum atomic E-state index is 15.8. The molecular weight excluding hydrogens is 505 g/mol. The molecule has 0 aromatic heterocycles. The van der Waals surface area contributed by atoms with Crippen molar-refractivity contribution < 1.29 is 23.8 Å². The molecule has 0 amide bonds. The molecule has 5 nitrogen and oxygen atoms in total. The molecule has 1 unspecified atom stereocenters. The van der Waals surface area contributed by atoms with Gasteiger partial charge in [-0.1, -0.05) is 83.4 Å². The molecule has 6 heteroatoms. The van der Waals surface area contributed by atoms with E-state index in [4.69, 9.17) is 9.47 Å². The summed E-state index contributed by atoms with van der Waals surface area (Å²) in [5, 5.41) is 19.4. The van der Waals surface area contributed by atoms with E-state index in [0.717, 1.165) is 43.2 Å². The van der Waals surface area contributed by atoms with Crippen LogP contribution in [-0.2, 0) is 4.79 Å². The van der Waals surface area contributed by atoms with Gasteiger partial charge in [-0.15, -0.1) is 0 Å². The Morgan fingerprint density at radius 2 is 1.68 bits per heavy atom. The van der Waals surface area contributed by atoms with Crippen molar-refractivity contribution in [3.63, 3.8) is 0 Å². The lowest BCUT2D eigenvalue weighted by Gasteiger charge is -2.35. The minimum absolute atomic E-state index is 0.0220. The Kier molecular flexibility index (Phi) is 12.8. The van der Waals surface area contributed by atoms with Crippen molar-refractivity contribution in [3.8, 4) is 28.7 Å². The van der Waals surface area contributed by atoms with Crippen LogP contribution >= 0.6 is 0 Å². The number of hydrogen-bond donors (Lipinski definition) is 1. The molecule has 0 radical (unpaired) electrons. The van der Waals surface area contributed by atoms with Crippen LogP contribution in [0.4, 0.5) is 4.39 Å². The fraction of sp³-hybridized carbons (Fsp3) is 0.588. The Bertz CT molecular complexity index is 1090. The third kappa shape index (κ3) is 8.98. The summed E-state index contributed by atoms with van der Waals surface area (Å²) in [6, 6.07) is 15.5. The topological polar surface area (TPSA) is 79.6 Å². The number of rotatable bonds is 17. The second-order valence-corrected chi connectivity index (χ2v) is 11.3. The van der Waals surface area contributed by atoms with Gasteiger partial charge in [0.05, 0.1) is 18.8 Å². The van der Waals surface area contributed by atoms with Crippen molar-refractivity contribution >= 4 is 5.97 Å². The molecule has 1 saturated carbocycles. The number of nitrogens with zero attached hydrogens (tertiary/aromatic N) is 1. The molecule has 40 heavy (non-hydrogen) atoms. The Balaban J connectivity index is 1.55. The standard InChI is InChI=1S/C34H46FNO4/c1-3-5-6-7-8-12-21-39-32-20-17-28(22-29(32)24-36)27-15-18-31(19-16-27)40-25-26(4-2)23-34(35,33(37)38)30-13-10-9-11-14-30/h15-20,22,26,30H,3-14,21,23,25H2,1-2H3,(H,37,38)/t26?,34-/m0/s1. The first-order valence-electron chi connectivity index (χ1n) is 15.2. The van der Waals surface area contributed by atoms with Gasteiger partial charge in [0.2, 0.25) is 5.67 Å². The van der Waals surface area contributed by atoms with Crippen molar-refractivity contribution in [3.05, 3.63) is 48.0 Å². The molecule has 1 aliphatic rings. The Morgan fingerprint density at radius 3 is 2.33 bits per heavy atom. The molecule has 0 aliphatic heterocycles. The second-order valence-electron chi connectivity index (χ2n) is 11.3. The van der Waals surface area contributed by atoms with E-state index in [1.807, 2.05) is 49.4 Å². The molecule has 1 aliphatic carbocycles. The van der Waals surface area contributed by atoms with Crippen LogP contribution in [0.3, 0.4) is 0 Å². The van der Waals surface area contributed by atoms with Crippen molar-refractivity contribution in [2.75, 3.05) is 13.2 Å². The first kappa shape index (κ1) is 31.5. The molecule has 0 spiro atoms. The number of unbranched alkanes of at least 4 members (excludes halogenated alkanes) is 5. The third-order valence-corrected chi connectivity index (χ3v) is 8.30. The molecule has 0 heterocycles. The minimum atomic E-state index is -2.20. The number of aliphatic carboxylic acids is 1. The highest BCUT2D eigenvalue weighted by Crippen LogP contribution is 2.40. The smallest absolute Gasteiger partial charge is 0.341 e. The molecule has 1 N–H and O–H groups in total. The van der Waals surface area contributed by atoms with Crippen molar-refractivity contribution in [1.82, 2.24) is 0 Å². The number of carboxylic acids is 1. The van der Waals surface area contributed by atoms with Gasteiger partial charge in [0.1, 0.15) is 17.6 Å². The minimum Gasteiger partial charge on any atom is -0.493 e. The molecule has 2 aromatic rings. The molecule has 0 bridgehead atoms. The van der Waals surface area contributed by atoms with Crippen LogP contribution in [0.25, 0.3) is 11.1 Å². The third-order valence-electron chi connectivity index (χ3n) is 8.30. The predicted molar refractivity (Wildman–Crippen MR) is 157 cm³/mol. The van der Waals surface area contributed by atoms with E-state index < -0.39 is 17.6 Å². The maximum Gasteiger partial charge on any atom is 0.341 e. The number of benzene rings is 2. The maximum absolute atomic E-state index is 15.8. The zero-order valence-corrected chi connectivity index (χ0v) is 24.3. The average molecular weight is 552 g/mol. The SMILES string of the molecule is CCCCCCCCOc1ccc(-c2ccc(OCC(CC)C[C@@](F)(C(=O)O)C3CCCCC3)cc2)cc1C#N. The highest BCUT2D eigenvalue weighted by molar-refractivity contribution is 5.77. The number of carboxylic acid groups (broad SMARTS) is 1. The number of ether oxygens (including phenoxy) is 2. The van der Waals surface area contributed by atoms with Gasteiger partial charge in [0.15, 0.2) is 0 Å². The van der Waals surface area contributed by atoms with Gasteiger partial charge in [-0.2, -0.15) is 5.26 Å². The van der Waals surface area contributed by atoms with Gasteiger partial charge >= 0.3 is 5.97 Å². The number of nitriles is 1. The van der Waals surface area contributed by atoms with Crippen LogP contribution in [-0.4, -0.2) is 30.0 Å². The summed E-state index contributed by atoms with van der Waals surface area (Å²) >= 11 is 0. The highest BCUT2D eigenvalue weighted by atomic mass is 19.1. The van der Waals surface area contributed by atoms with E-state index >= 15 is 4.39 Å². The van der Waals surface area contributed by atoms with E-state index in [0.29, 0.717) is 42.9 Å². The summed E-state index contributed by atoms with van der Waals surface area (Å²) in [7, 11) is 0. The van der Waals surface area contributed by atoms with Crippen LogP contribution in [0.5, 0.6) is 11.5 Å². The van der Waals surface area contributed by atoms with Gasteiger partial charge in [0.25, 0.3) is 0 Å². The molecule has 2 atom stereocenters. The average Bonchev–Trinajstić information content (AvgIpc) is 2.99. The van der Waals surface area contributed by atoms with Gasteiger partial charge in [-0.25, -0.2) is 9.18 Å². The van der Waals surface area contributed by atoms with Gasteiger partial charge in [-0.05, 0) is 73.4 Å². The normalized spacial score (nSPS) is 16.1. The molecule has 0 saturated heterocycles. The summed E-state index contributed by atoms with van der Waals surface area (Å²) in [6.45, 7) is 5.04. The molecule has 1 fully saturated rings. The zero-order valence-electron chi connectivity index (χ0n) is 24.3. The van der Waals surface area contributed by atoms with Crippen molar-refractivity contribution in [2.45, 2.75) is 103 Å². The van der Waals surface area contributed by atoms with Crippen LogP contribution in [0.2, 0.25) is 0 Å². The summed E-state index contributed by atoms with van der Waals surface area (Å²) in [5.74, 6) is -0.678. The Morgan fingerprint density at radius 1 is 1.00 bits per heavy atom. The van der Waals surface area contributed by atoms with E-state index in [1.165, 1.54) is 25.7 Å². The lowest BCUT2D eigenvalue weighted by molar-refractivity contribution is -0.158. The fourth-order valence-electron chi connectivity index (χ4n) is 5.67. The monoisotopic (exact) mass is 551 g/mol. The van der Waals surface area contributed by atoms with Crippen LogP contribution in [0, 0.1) is 23.2 Å².